The lowest BCUT2D eigenvalue weighted by Gasteiger charge is -2.19. The van der Waals surface area contributed by atoms with Crippen molar-refractivity contribution in [3.63, 3.8) is 0 Å². The Morgan fingerprint density at radius 1 is 0.404 bits per heavy atom. The lowest BCUT2D eigenvalue weighted by molar-refractivity contribution is -0.123. The van der Waals surface area contributed by atoms with Crippen LogP contribution in [0.15, 0.2) is 36.5 Å². The molecule has 0 radical (unpaired) electrons. The number of aliphatic hydroxyl groups excluding tert-OH is 2. The second kappa shape index (κ2) is 49.0. The number of unbranched alkanes of at least 4 members (excludes halogenated alkanes) is 36. The quantitative estimate of drug-likeness (QED) is 0.0424. The van der Waals surface area contributed by atoms with E-state index in [1.807, 2.05) is 6.08 Å². The summed E-state index contributed by atoms with van der Waals surface area (Å²) in [5, 5.41) is 23.1. The Balaban J connectivity index is 3.57. The van der Waals surface area contributed by atoms with Crippen LogP contribution in [0.3, 0.4) is 0 Å². The molecule has 57 heavy (non-hydrogen) atoms. The second-order valence-corrected chi connectivity index (χ2v) is 17.6. The average Bonchev–Trinajstić information content (AvgIpc) is 3.22. The number of carbonyl (C=O) groups excluding carboxylic acids is 1. The van der Waals surface area contributed by atoms with Gasteiger partial charge in [-0.25, -0.2) is 0 Å². The summed E-state index contributed by atoms with van der Waals surface area (Å²) in [4.78, 5) is 12.4. The van der Waals surface area contributed by atoms with Gasteiger partial charge in [-0.2, -0.15) is 0 Å². The third-order valence-electron chi connectivity index (χ3n) is 11.9. The molecule has 2 unspecified atom stereocenters. The molecule has 3 N–H and O–H groups in total. The first kappa shape index (κ1) is 55.6. The van der Waals surface area contributed by atoms with Gasteiger partial charge in [0.05, 0.1) is 18.8 Å². The Morgan fingerprint density at radius 3 is 1.02 bits per heavy atom. The highest BCUT2D eigenvalue weighted by molar-refractivity contribution is 5.76. The molecule has 0 aromatic heterocycles. The molecule has 0 aromatic rings. The van der Waals surface area contributed by atoms with Crippen LogP contribution in [0.2, 0.25) is 0 Å². The lowest BCUT2D eigenvalue weighted by atomic mass is 10.0. The molecule has 0 fully saturated rings. The summed E-state index contributed by atoms with van der Waals surface area (Å²) in [6, 6.07) is -0.643. The fraction of sp³-hybridized carbons (Fsp3) is 0.868. The Bertz CT molecular complexity index is 866. The summed E-state index contributed by atoms with van der Waals surface area (Å²) in [5.41, 5.74) is 0. The topological polar surface area (TPSA) is 69.6 Å². The van der Waals surface area contributed by atoms with Gasteiger partial charge in [0.15, 0.2) is 0 Å². The summed E-state index contributed by atoms with van der Waals surface area (Å²) in [6.45, 7) is 4.32. The molecule has 0 aliphatic carbocycles. The number of allylic oxidation sites excluding steroid dienone is 5. The van der Waals surface area contributed by atoms with E-state index in [1.165, 1.54) is 218 Å². The van der Waals surface area contributed by atoms with Crippen LogP contribution in [0, 0.1) is 0 Å². The van der Waals surface area contributed by atoms with Crippen LogP contribution < -0.4 is 5.32 Å². The summed E-state index contributed by atoms with van der Waals surface area (Å²) < 4.78 is 0. The van der Waals surface area contributed by atoms with Gasteiger partial charge in [0.1, 0.15) is 0 Å². The van der Waals surface area contributed by atoms with E-state index in [4.69, 9.17) is 0 Å². The molecule has 4 nitrogen and oxygen atoms in total. The van der Waals surface area contributed by atoms with E-state index >= 15 is 0 Å². The first-order chi connectivity index (χ1) is 28.2. The van der Waals surface area contributed by atoms with Crippen molar-refractivity contribution in [3.05, 3.63) is 36.5 Å². The van der Waals surface area contributed by atoms with E-state index in [0.717, 1.165) is 38.5 Å². The normalized spacial score (nSPS) is 13.1. The van der Waals surface area contributed by atoms with Crippen LogP contribution in [0.25, 0.3) is 0 Å². The molecule has 0 aliphatic rings. The minimum absolute atomic E-state index is 0.0736. The van der Waals surface area contributed by atoms with Crippen LogP contribution >= 0.6 is 0 Å². The largest absolute Gasteiger partial charge is 0.394 e. The smallest absolute Gasteiger partial charge is 0.220 e. The maximum Gasteiger partial charge on any atom is 0.220 e. The van der Waals surface area contributed by atoms with E-state index < -0.39 is 12.1 Å². The van der Waals surface area contributed by atoms with Gasteiger partial charge in [-0.1, -0.05) is 262 Å². The fourth-order valence-electron chi connectivity index (χ4n) is 7.92. The molecule has 0 rings (SSSR count). The van der Waals surface area contributed by atoms with Crippen LogP contribution in [0.5, 0.6) is 0 Å². The van der Waals surface area contributed by atoms with Gasteiger partial charge in [-0.05, 0) is 44.9 Å². The highest BCUT2D eigenvalue weighted by Gasteiger charge is 2.17. The molecule has 4 heteroatoms. The van der Waals surface area contributed by atoms with Crippen molar-refractivity contribution in [2.45, 2.75) is 289 Å². The van der Waals surface area contributed by atoms with Gasteiger partial charge in [0.25, 0.3) is 0 Å². The zero-order valence-corrected chi connectivity index (χ0v) is 38.6. The second-order valence-electron chi connectivity index (χ2n) is 17.6. The van der Waals surface area contributed by atoms with Crippen molar-refractivity contribution < 1.29 is 15.0 Å². The molecule has 336 valence electrons. The highest BCUT2D eigenvalue weighted by Crippen LogP contribution is 2.16. The summed E-state index contributed by atoms with van der Waals surface area (Å²) in [6.07, 6.45) is 65.7. The maximum atomic E-state index is 12.4. The first-order valence-electron chi connectivity index (χ1n) is 25.7. The Hall–Kier alpha value is -1.39. The standard InChI is InChI=1S/C53H101NO3/c1-3-5-7-9-11-13-15-17-19-21-23-24-25-26-27-28-29-31-32-34-36-38-40-42-44-46-48-52(56)51(50-55)54-53(57)49-47-45-43-41-39-37-35-33-30-22-20-18-16-14-12-10-8-6-4-2/h31-32,38,40,46,48,51-52,55-56H,3-30,33-37,39,41-45,47,49-50H2,1-2H3,(H,54,57)/b32-31+,40-38+,48-46+. The Labute approximate surface area is 357 Å². The summed E-state index contributed by atoms with van der Waals surface area (Å²) >= 11 is 0. The summed E-state index contributed by atoms with van der Waals surface area (Å²) in [7, 11) is 0. The molecule has 0 bridgehead atoms. The number of carbonyl (C=O) groups is 1. The number of rotatable bonds is 47. The molecule has 2 atom stereocenters. The van der Waals surface area contributed by atoms with Gasteiger partial charge in [-0.3, -0.25) is 4.79 Å². The van der Waals surface area contributed by atoms with Crippen molar-refractivity contribution in [3.8, 4) is 0 Å². The number of nitrogens with one attached hydrogen (secondary N) is 1. The molecule has 1 amide bonds. The van der Waals surface area contributed by atoms with E-state index in [9.17, 15) is 15.0 Å². The monoisotopic (exact) mass is 800 g/mol. The van der Waals surface area contributed by atoms with Crippen LogP contribution in [-0.4, -0.2) is 34.9 Å². The van der Waals surface area contributed by atoms with E-state index in [2.05, 4.69) is 43.5 Å². The van der Waals surface area contributed by atoms with Crippen molar-refractivity contribution in [1.82, 2.24) is 5.32 Å². The SMILES string of the molecule is CCCCCCCCCCCCCCCCCC/C=C/CC/C=C/CC/C=C/C(O)C(CO)NC(=O)CCCCCCCCCCCCCCCCCCCCC. The number of amides is 1. The van der Waals surface area contributed by atoms with Crippen LogP contribution in [0.1, 0.15) is 277 Å². The van der Waals surface area contributed by atoms with Gasteiger partial charge in [0, 0.05) is 6.42 Å². The number of hydrogen-bond donors (Lipinski definition) is 3. The number of aliphatic hydroxyl groups is 2. The van der Waals surface area contributed by atoms with Gasteiger partial charge < -0.3 is 15.5 Å². The van der Waals surface area contributed by atoms with Crippen LogP contribution in [0.4, 0.5) is 0 Å². The van der Waals surface area contributed by atoms with Crippen molar-refractivity contribution >= 4 is 5.91 Å². The van der Waals surface area contributed by atoms with E-state index in [-0.39, 0.29) is 12.5 Å². The minimum Gasteiger partial charge on any atom is -0.394 e. The fourth-order valence-corrected chi connectivity index (χ4v) is 7.92. The molecule has 0 saturated heterocycles. The molecule has 0 aromatic carbocycles. The maximum absolute atomic E-state index is 12.4. The highest BCUT2D eigenvalue weighted by atomic mass is 16.3. The predicted octanol–water partition coefficient (Wildman–Crippen LogP) is 16.5. The third-order valence-corrected chi connectivity index (χ3v) is 11.9. The predicted molar refractivity (Wildman–Crippen MR) is 253 cm³/mol. The van der Waals surface area contributed by atoms with E-state index in [1.54, 1.807) is 6.08 Å². The minimum atomic E-state index is -0.868. The van der Waals surface area contributed by atoms with Gasteiger partial charge in [0.2, 0.25) is 5.91 Å². The zero-order chi connectivity index (χ0) is 41.4. The molecule has 0 spiro atoms. The molecule has 0 aliphatic heterocycles. The van der Waals surface area contributed by atoms with Crippen molar-refractivity contribution in [2.24, 2.45) is 0 Å². The van der Waals surface area contributed by atoms with E-state index in [0.29, 0.717) is 6.42 Å². The molecular weight excluding hydrogens is 699 g/mol. The van der Waals surface area contributed by atoms with Crippen molar-refractivity contribution in [1.29, 1.82) is 0 Å². The Kier molecular flexibility index (Phi) is 47.8. The van der Waals surface area contributed by atoms with Crippen LogP contribution in [-0.2, 0) is 4.79 Å². The van der Waals surface area contributed by atoms with Gasteiger partial charge >= 0.3 is 0 Å². The number of hydrogen-bond acceptors (Lipinski definition) is 3. The molecular formula is C53H101NO3. The Morgan fingerprint density at radius 2 is 0.684 bits per heavy atom. The zero-order valence-electron chi connectivity index (χ0n) is 38.6. The first-order valence-corrected chi connectivity index (χ1v) is 25.7. The average molecular weight is 800 g/mol. The molecule has 0 saturated carbocycles. The van der Waals surface area contributed by atoms with Crippen molar-refractivity contribution in [2.75, 3.05) is 6.61 Å². The summed E-state index contributed by atoms with van der Waals surface area (Å²) in [5.74, 6) is -0.0736. The molecule has 0 heterocycles. The third kappa shape index (κ3) is 45.5. The lowest BCUT2D eigenvalue weighted by Crippen LogP contribution is -2.45. The van der Waals surface area contributed by atoms with Gasteiger partial charge in [-0.15, -0.1) is 0 Å².